The molecule has 3 atom stereocenters. The second kappa shape index (κ2) is 7.05. The number of benzene rings is 1. The molecule has 0 radical (unpaired) electrons. The lowest BCUT2D eigenvalue weighted by Gasteiger charge is -2.22. The first-order valence-electron chi connectivity index (χ1n) is 9.83. The molecule has 1 aliphatic carbocycles. The number of anilines is 1. The zero-order valence-corrected chi connectivity index (χ0v) is 16.3. The lowest BCUT2D eigenvalue weighted by atomic mass is 10.1. The third-order valence-electron chi connectivity index (χ3n) is 5.80. The molecule has 8 heteroatoms. The van der Waals surface area contributed by atoms with Crippen LogP contribution < -0.4 is 10.2 Å². The highest BCUT2D eigenvalue weighted by atomic mass is 19.1. The van der Waals surface area contributed by atoms with Gasteiger partial charge in [0.05, 0.1) is 12.7 Å². The maximum absolute atomic E-state index is 14.4. The second-order valence-electron chi connectivity index (χ2n) is 7.78. The molecule has 5 rings (SSSR count). The van der Waals surface area contributed by atoms with Gasteiger partial charge in [-0.05, 0) is 35.4 Å². The number of rotatable bonds is 4. The van der Waals surface area contributed by atoms with Gasteiger partial charge in [-0.25, -0.2) is 9.37 Å². The van der Waals surface area contributed by atoms with Gasteiger partial charge in [0.1, 0.15) is 11.9 Å². The van der Waals surface area contributed by atoms with Crippen LogP contribution in [0.15, 0.2) is 54.9 Å². The van der Waals surface area contributed by atoms with E-state index < -0.39 is 17.8 Å². The van der Waals surface area contributed by atoms with Crippen molar-refractivity contribution >= 4 is 17.6 Å². The van der Waals surface area contributed by atoms with Gasteiger partial charge in [0, 0.05) is 13.2 Å². The fourth-order valence-electron chi connectivity index (χ4n) is 4.20. The Bertz CT molecular complexity index is 1130. The minimum atomic E-state index is -0.736. The van der Waals surface area contributed by atoms with Gasteiger partial charge in [0.2, 0.25) is 0 Å². The Morgan fingerprint density at radius 1 is 1.23 bits per heavy atom. The third kappa shape index (κ3) is 3.14. The smallest absolute Gasteiger partial charge is 0.275 e. The minimum Gasteiger partial charge on any atom is -0.338 e. The molecule has 7 nitrogen and oxygen atoms in total. The van der Waals surface area contributed by atoms with Crippen molar-refractivity contribution < 1.29 is 14.0 Å². The van der Waals surface area contributed by atoms with Crippen LogP contribution in [0, 0.1) is 11.7 Å². The summed E-state index contributed by atoms with van der Waals surface area (Å²) in [6.45, 7) is 0.349. The van der Waals surface area contributed by atoms with Gasteiger partial charge in [0.25, 0.3) is 11.8 Å². The molecule has 1 aliphatic heterocycles. The zero-order chi connectivity index (χ0) is 20.8. The van der Waals surface area contributed by atoms with Gasteiger partial charge in [-0.3, -0.25) is 19.2 Å². The highest BCUT2D eigenvalue weighted by molar-refractivity contribution is 6.02. The van der Waals surface area contributed by atoms with E-state index in [1.807, 2.05) is 42.5 Å². The highest BCUT2D eigenvalue weighted by Crippen LogP contribution is 2.53. The molecular formula is C22H20FN5O2. The zero-order valence-electron chi connectivity index (χ0n) is 16.3. The van der Waals surface area contributed by atoms with Crippen molar-refractivity contribution in [2.75, 3.05) is 11.9 Å². The monoisotopic (exact) mass is 405 g/mol. The number of hydrogen-bond acceptors (Lipinski definition) is 4. The number of fused-ring (bicyclic) bond motifs is 3. The van der Waals surface area contributed by atoms with Crippen LogP contribution in [0.25, 0.3) is 0 Å². The highest BCUT2D eigenvalue weighted by Gasteiger charge is 2.52. The van der Waals surface area contributed by atoms with Gasteiger partial charge in [-0.1, -0.05) is 36.4 Å². The number of hydrogen-bond donors (Lipinski definition) is 1. The van der Waals surface area contributed by atoms with Crippen molar-refractivity contribution in [1.29, 1.82) is 0 Å². The van der Waals surface area contributed by atoms with E-state index in [1.165, 1.54) is 15.8 Å². The molecule has 2 aromatic heterocycles. The molecule has 3 aromatic rings. The van der Waals surface area contributed by atoms with Crippen LogP contribution >= 0.6 is 0 Å². The van der Waals surface area contributed by atoms with Crippen molar-refractivity contribution in [2.45, 2.75) is 24.9 Å². The topological polar surface area (TPSA) is 80.1 Å². The van der Waals surface area contributed by atoms with Crippen LogP contribution in [0.2, 0.25) is 0 Å². The molecular weight excluding hydrogens is 385 g/mol. The molecule has 1 saturated carbocycles. The maximum atomic E-state index is 14.4. The Labute approximate surface area is 172 Å². The van der Waals surface area contributed by atoms with Crippen molar-refractivity contribution in [3.8, 4) is 0 Å². The molecule has 3 heterocycles. The summed E-state index contributed by atoms with van der Waals surface area (Å²) in [6.07, 6.45) is 3.63. The first-order chi connectivity index (χ1) is 14.5. The molecule has 3 unspecified atom stereocenters. The Balaban J connectivity index is 1.36. The van der Waals surface area contributed by atoms with Crippen LogP contribution in [-0.2, 0) is 11.3 Å². The molecule has 0 bridgehead atoms. The molecule has 0 saturated heterocycles. The number of aromatic nitrogens is 3. The van der Waals surface area contributed by atoms with Crippen LogP contribution in [0.1, 0.15) is 34.0 Å². The Hall–Kier alpha value is -3.55. The molecule has 30 heavy (non-hydrogen) atoms. The molecule has 1 aromatic carbocycles. The fraction of sp³-hybridized carbons (Fsp3) is 0.273. The number of carbonyl (C=O) groups excluding carboxylic acids is 2. The normalized spacial score (nSPS) is 22.1. The molecule has 152 valence electrons. The van der Waals surface area contributed by atoms with E-state index >= 15 is 0 Å². The maximum Gasteiger partial charge on any atom is 0.275 e. The van der Waals surface area contributed by atoms with Crippen LogP contribution in [0.4, 0.5) is 10.2 Å². The summed E-state index contributed by atoms with van der Waals surface area (Å²) in [6, 6.07) is 12.5. The quantitative estimate of drug-likeness (QED) is 0.723. The predicted octanol–water partition coefficient (Wildman–Crippen LogP) is 2.34. The van der Waals surface area contributed by atoms with Crippen molar-refractivity contribution in [1.82, 2.24) is 20.1 Å². The number of nitrogens with one attached hydrogen (secondary N) is 1. The van der Waals surface area contributed by atoms with Gasteiger partial charge in [-0.15, -0.1) is 0 Å². The first-order valence-corrected chi connectivity index (χ1v) is 9.83. The van der Waals surface area contributed by atoms with Crippen LogP contribution in [0.5, 0.6) is 0 Å². The third-order valence-corrected chi connectivity index (χ3v) is 5.80. The standard InChI is InChI=1S/C22H20FN5O2/c1-27-20-14(8-5-9-24-20)15-10-16(15)18(22(27)30)25-21(29)19-17(23)12-28(26-19)11-13-6-3-2-4-7-13/h2-9,12,15-16,18H,10-11H2,1H3,(H,25,29). The minimum absolute atomic E-state index is 0.0242. The van der Waals surface area contributed by atoms with Gasteiger partial charge < -0.3 is 5.32 Å². The van der Waals surface area contributed by atoms with E-state index in [1.54, 1.807) is 13.2 Å². The van der Waals surface area contributed by atoms with Crippen molar-refractivity contribution in [2.24, 2.45) is 5.92 Å². The van der Waals surface area contributed by atoms with Crippen molar-refractivity contribution in [3.05, 3.63) is 77.5 Å². The number of halogens is 1. The Morgan fingerprint density at radius 3 is 2.83 bits per heavy atom. The number of pyridine rings is 1. The van der Waals surface area contributed by atoms with E-state index in [0.717, 1.165) is 17.5 Å². The number of amides is 2. The molecule has 2 aliphatic rings. The summed E-state index contributed by atoms with van der Waals surface area (Å²) in [7, 11) is 1.65. The summed E-state index contributed by atoms with van der Waals surface area (Å²) < 4.78 is 15.8. The molecule has 0 spiro atoms. The summed E-state index contributed by atoms with van der Waals surface area (Å²) in [5.41, 5.74) is 1.64. The summed E-state index contributed by atoms with van der Waals surface area (Å²) in [5, 5.41) is 6.83. The van der Waals surface area contributed by atoms with Crippen molar-refractivity contribution in [3.63, 3.8) is 0 Å². The van der Waals surface area contributed by atoms with E-state index in [-0.39, 0.29) is 23.4 Å². The molecule has 2 amide bonds. The number of nitrogens with zero attached hydrogens (tertiary/aromatic N) is 4. The van der Waals surface area contributed by atoms with E-state index in [0.29, 0.717) is 12.4 Å². The van der Waals surface area contributed by atoms with E-state index in [9.17, 15) is 14.0 Å². The lowest BCUT2D eigenvalue weighted by molar-refractivity contribution is -0.120. The lowest BCUT2D eigenvalue weighted by Crippen LogP contribution is -2.48. The van der Waals surface area contributed by atoms with Gasteiger partial charge in [0.15, 0.2) is 11.5 Å². The molecule has 1 N–H and O–H groups in total. The summed E-state index contributed by atoms with van der Waals surface area (Å²) in [4.78, 5) is 31.6. The molecule has 1 fully saturated rings. The SMILES string of the molecule is CN1C(=O)C(NC(=O)c2nn(Cc3ccccc3)cc2F)C2CC2c2cccnc21. The Kier molecular flexibility index (Phi) is 4.34. The van der Waals surface area contributed by atoms with E-state index in [4.69, 9.17) is 0 Å². The second-order valence-corrected chi connectivity index (χ2v) is 7.78. The van der Waals surface area contributed by atoms with Gasteiger partial charge >= 0.3 is 0 Å². The largest absolute Gasteiger partial charge is 0.338 e. The van der Waals surface area contributed by atoms with Crippen LogP contribution in [-0.4, -0.2) is 39.7 Å². The fourth-order valence-corrected chi connectivity index (χ4v) is 4.20. The first kappa shape index (κ1) is 18.5. The van der Waals surface area contributed by atoms with Gasteiger partial charge in [-0.2, -0.15) is 5.10 Å². The summed E-state index contributed by atoms with van der Waals surface area (Å²) in [5.74, 6) is -0.898. The Morgan fingerprint density at radius 2 is 2.03 bits per heavy atom. The average molecular weight is 405 g/mol. The predicted molar refractivity (Wildman–Crippen MR) is 107 cm³/mol. The number of carbonyl (C=O) groups is 2. The average Bonchev–Trinajstić information content (AvgIpc) is 3.47. The van der Waals surface area contributed by atoms with Crippen LogP contribution in [0.3, 0.4) is 0 Å². The number of likely N-dealkylation sites (N-methyl/N-ethyl adjacent to an activating group) is 1. The summed E-state index contributed by atoms with van der Waals surface area (Å²) >= 11 is 0. The van der Waals surface area contributed by atoms with E-state index in [2.05, 4.69) is 15.4 Å².